The standard InChI is InChI=1S/C16H18ClN3O/c1-18-10-13-3-2-8-20(13)16(21)14-7-5-11-4-6-12(17)9-15(11)19-14/h4-7,9,13,18H,2-3,8,10H2,1H3. The maximum Gasteiger partial charge on any atom is 0.272 e. The van der Waals surface area contributed by atoms with E-state index in [1.165, 1.54) is 0 Å². The summed E-state index contributed by atoms with van der Waals surface area (Å²) in [6.07, 6.45) is 2.10. The molecule has 1 fully saturated rings. The van der Waals surface area contributed by atoms with E-state index in [1.54, 1.807) is 12.1 Å². The van der Waals surface area contributed by atoms with Gasteiger partial charge in [0.05, 0.1) is 5.52 Å². The van der Waals surface area contributed by atoms with Gasteiger partial charge in [-0.2, -0.15) is 0 Å². The second-order valence-electron chi connectivity index (χ2n) is 5.39. The second kappa shape index (κ2) is 6.00. The Morgan fingerprint density at radius 2 is 2.24 bits per heavy atom. The van der Waals surface area contributed by atoms with E-state index >= 15 is 0 Å². The average Bonchev–Trinajstić information content (AvgIpc) is 2.94. The minimum atomic E-state index is 0.00891. The molecular formula is C16H18ClN3O. The highest BCUT2D eigenvalue weighted by Gasteiger charge is 2.29. The molecule has 1 saturated heterocycles. The summed E-state index contributed by atoms with van der Waals surface area (Å²) in [7, 11) is 1.91. The Labute approximate surface area is 129 Å². The zero-order valence-corrected chi connectivity index (χ0v) is 12.7. The van der Waals surface area contributed by atoms with Gasteiger partial charge in [-0.05, 0) is 38.1 Å². The van der Waals surface area contributed by atoms with Gasteiger partial charge in [-0.3, -0.25) is 4.79 Å². The van der Waals surface area contributed by atoms with Crippen molar-refractivity contribution in [3.05, 3.63) is 41.0 Å². The molecule has 0 aliphatic carbocycles. The molecule has 21 heavy (non-hydrogen) atoms. The van der Waals surface area contributed by atoms with Gasteiger partial charge in [0.2, 0.25) is 0 Å². The van der Waals surface area contributed by atoms with E-state index in [1.807, 2.05) is 30.1 Å². The van der Waals surface area contributed by atoms with Crippen LogP contribution in [0.3, 0.4) is 0 Å². The third kappa shape index (κ3) is 2.87. The molecule has 4 nitrogen and oxygen atoms in total. The number of pyridine rings is 1. The summed E-state index contributed by atoms with van der Waals surface area (Å²) in [4.78, 5) is 19.1. The minimum Gasteiger partial charge on any atom is -0.333 e. The Kier molecular flexibility index (Phi) is 4.08. The maximum atomic E-state index is 12.7. The van der Waals surface area contributed by atoms with E-state index < -0.39 is 0 Å². The van der Waals surface area contributed by atoms with Crippen LogP contribution in [0.1, 0.15) is 23.3 Å². The van der Waals surface area contributed by atoms with Gasteiger partial charge >= 0.3 is 0 Å². The number of aromatic nitrogens is 1. The second-order valence-corrected chi connectivity index (χ2v) is 5.82. The van der Waals surface area contributed by atoms with Crippen LogP contribution in [0.25, 0.3) is 10.9 Å². The predicted molar refractivity (Wildman–Crippen MR) is 84.7 cm³/mol. The fraction of sp³-hybridized carbons (Fsp3) is 0.375. The van der Waals surface area contributed by atoms with Crippen molar-refractivity contribution in [2.45, 2.75) is 18.9 Å². The topological polar surface area (TPSA) is 45.2 Å². The first-order valence-electron chi connectivity index (χ1n) is 7.21. The molecule has 110 valence electrons. The highest BCUT2D eigenvalue weighted by atomic mass is 35.5. The van der Waals surface area contributed by atoms with Gasteiger partial charge in [0.15, 0.2) is 0 Å². The van der Waals surface area contributed by atoms with Crippen LogP contribution in [-0.4, -0.2) is 42.0 Å². The van der Waals surface area contributed by atoms with Crippen molar-refractivity contribution in [1.82, 2.24) is 15.2 Å². The summed E-state index contributed by atoms with van der Waals surface area (Å²) in [5, 5.41) is 4.77. The lowest BCUT2D eigenvalue weighted by Gasteiger charge is -2.24. The Hall–Kier alpha value is -1.65. The monoisotopic (exact) mass is 303 g/mol. The predicted octanol–water partition coefficient (Wildman–Crippen LogP) is 2.71. The van der Waals surface area contributed by atoms with E-state index in [2.05, 4.69) is 10.3 Å². The van der Waals surface area contributed by atoms with Crippen molar-refractivity contribution in [1.29, 1.82) is 0 Å². The molecule has 1 aromatic carbocycles. The van der Waals surface area contributed by atoms with Crippen LogP contribution >= 0.6 is 11.6 Å². The van der Waals surface area contributed by atoms with E-state index in [-0.39, 0.29) is 11.9 Å². The Morgan fingerprint density at radius 3 is 3.05 bits per heavy atom. The number of nitrogens with one attached hydrogen (secondary N) is 1. The minimum absolute atomic E-state index is 0.00891. The highest BCUT2D eigenvalue weighted by Crippen LogP contribution is 2.22. The number of rotatable bonds is 3. The van der Waals surface area contributed by atoms with Crippen LogP contribution in [0, 0.1) is 0 Å². The fourth-order valence-corrected chi connectivity index (χ4v) is 3.07. The molecule has 0 saturated carbocycles. The zero-order chi connectivity index (χ0) is 14.8. The number of fused-ring (bicyclic) bond motifs is 1. The van der Waals surface area contributed by atoms with Gasteiger partial charge in [0, 0.05) is 29.5 Å². The van der Waals surface area contributed by atoms with Crippen LogP contribution < -0.4 is 5.32 Å². The number of carbonyl (C=O) groups is 1. The van der Waals surface area contributed by atoms with E-state index in [0.717, 1.165) is 36.8 Å². The lowest BCUT2D eigenvalue weighted by Crippen LogP contribution is -2.41. The summed E-state index contributed by atoms with van der Waals surface area (Å²) < 4.78 is 0. The summed E-state index contributed by atoms with van der Waals surface area (Å²) in [6.45, 7) is 1.63. The SMILES string of the molecule is CNCC1CCCN1C(=O)c1ccc2ccc(Cl)cc2n1. The Bertz CT molecular complexity index is 674. The normalized spacial score (nSPS) is 18.4. The molecule has 1 aliphatic rings. The van der Waals surface area contributed by atoms with Crippen LogP contribution in [0.15, 0.2) is 30.3 Å². The van der Waals surface area contributed by atoms with Crippen molar-refractivity contribution in [3.8, 4) is 0 Å². The number of carbonyl (C=O) groups excluding carboxylic acids is 1. The van der Waals surface area contributed by atoms with Crippen molar-refractivity contribution in [2.75, 3.05) is 20.1 Å². The first kappa shape index (κ1) is 14.3. The quantitative estimate of drug-likeness (QED) is 0.948. The molecular weight excluding hydrogens is 286 g/mol. The first-order valence-corrected chi connectivity index (χ1v) is 7.59. The van der Waals surface area contributed by atoms with E-state index in [9.17, 15) is 4.79 Å². The van der Waals surface area contributed by atoms with Crippen LogP contribution in [0.4, 0.5) is 0 Å². The van der Waals surface area contributed by atoms with Crippen molar-refractivity contribution in [2.24, 2.45) is 0 Å². The molecule has 2 heterocycles. The third-order valence-electron chi connectivity index (χ3n) is 3.95. The zero-order valence-electron chi connectivity index (χ0n) is 12.0. The summed E-state index contributed by atoms with van der Waals surface area (Å²) in [5.41, 5.74) is 1.26. The fourth-order valence-electron chi connectivity index (χ4n) is 2.91. The molecule has 3 rings (SSSR count). The molecule has 0 radical (unpaired) electrons. The molecule has 1 aromatic heterocycles. The molecule has 0 bridgehead atoms. The molecule has 1 amide bonds. The Morgan fingerprint density at radius 1 is 1.43 bits per heavy atom. The van der Waals surface area contributed by atoms with Crippen molar-refractivity contribution in [3.63, 3.8) is 0 Å². The van der Waals surface area contributed by atoms with Gasteiger partial charge in [0.1, 0.15) is 5.69 Å². The van der Waals surface area contributed by atoms with E-state index in [0.29, 0.717) is 10.7 Å². The number of likely N-dealkylation sites (tertiary alicyclic amines) is 1. The number of halogens is 1. The highest BCUT2D eigenvalue weighted by molar-refractivity contribution is 6.31. The summed E-state index contributed by atoms with van der Waals surface area (Å²) in [5.74, 6) is 0.00891. The van der Waals surface area contributed by atoms with Gasteiger partial charge in [-0.15, -0.1) is 0 Å². The average molecular weight is 304 g/mol. The first-order chi connectivity index (χ1) is 10.2. The molecule has 1 aliphatic heterocycles. The molecule has 1 atom stereocenters. The molecule has 5 heteroatoms. The number of hydrogen-bond donors (Lipinski definition) is 1. The number of benzene rings is 1. The number of nitrogens with zero attached hydrogens (tertiary/aromatic N) is 2. The van der Waals surface area contributed by atoms with Gasteiger partial charge in [-0.25, -0.2) is 4.98 Å². The smallest absolute Gasteiger partial charge is 0.272 e. The summed E-state index contributed by atoms with van der Waals surface area (Å²) in [6, 6.07) is 9.53. The lowest BCUT2D eigenvalue weighted by molar-refractivity contribution is 0.0731. The molecule has 1 N–H and O–H groups in total. The van der Waals surface area contributed by atoms with Crippen LogP contribution in [-0.2, 0) is 0 Å². The Balaban J connectivity index is 1.90. The molecule has 2 aromatic rings. The van der Waals surface area contributed by atoms with Crippen LogP contribution in [0.5, 0.6) is 0 Å². The summed E-state index contributed by atoms with van der Waals surface area (Å²) >= 11 is 6.00. The number of amides is 1. The van der Waals surface area contributed by atoms with Crippen molar-refractivity contribution >= 4 is 28.4 Å². The molecule has 0 spiro atoms. The maximum absolute atomic E-state index is 12.7. The van der Waals surface area contributed by atoms with Crippen molar-refractivity contribution < 1.29 is 4.79 Å². The van der Waals surface area contributed by atoms with Gasteiger partial charge < -0.3 is 10.2 Å². The van der Waals surface area contributed by atoms with E-state index in [4.69, 9.17) is 11.6 Å². The lowest BCUT2D eigenvalue weighted by atomic mass is 10.2. The number of hydrogen-bond acceptors (Lipinski definition) is 3. The molecule has 1 unspecified atom stereocenters. The number of likely N-dealkylation sites (N-methyl/N-ethyl adjacent to an activating group) is 1. The third-order valence-corrected chi connectivity index (χ3v) is 4.19. The van der Waals surface area contributed by atoms with Gasteiger partial charge in [-0.1, -0.05) is 23.7 Å². The van der Waals surface area contributed by atoms with Gasteiger partial charge in [0.25, 0.3) is 5.91 Å². The van der Waals surface area contributed by atoms with Crippen LogP contribution in [0.2, 0.25) is 5.02 Å². The largest absolute Gasteiger partial charge is 0.333 e.